The number of nitriles is 1. The van der Waals surface area contributed by atoms with Crippen molar-refractivity contribution in [1.82, 2.24) is 4.98 Å². The number of aromatic nitrogens is 1. The first kappa shape index (κ1) is 16.8. The number of rotatable bonds is 2. The molecule has 2 aromatic heterocycles. The zero-order valence-corrected chi connectivity index (χ0v) is 14.9. The quantitative estimate of drug-likeness (QED) is 0.689. The van der Waals surface area contributed by atoms with Crippen LogP contribution in [-0.4, -0.2) is 10.9 Å². The number of thiazole rings is 1. The molecule has 1 aliphatic carbocycles. The maximum absolute atomic E-state index is 13.8. The number of benzene rings is 1. The van der Waals surface area contributed by atoms with E-state index in [1.165, 1.54) is 28.7 Å². The minimum absolute atomic E-state index is 0.292. The van der Waals surface area contributed by atoms with Crippen molar-refractivity contribution < 1.29 is 13.6 Å². The van der Waals surface area contributed by atoms with Gasteiger partial charge >= 0.3 is 0 Å². The monoisotopic (exact) mass is 387 g/mol. The summed E-state index contributed by atoms with van der Waals surface area (Å²) in [7, 11) is 0. The highest BCUT2D eigenvalue weighted by molar-refractivity contribution is 7.20. The molecule has 1 amide bonds. The molecule has 26 heavy (non-hydrogen) atoms. The molecule has 0 saturated heterocycles. The van der Waals surface area contributed by atoms with Gasteiger partial charge in [0.25, 0.3) is 5.91 Å². The van der Waals surface area contributed by atoms with Gasteiger partial charge in [-0.1, -0.05) is 17.4 Å². The van der Waals surface area contributed by atoms with Crippen molar-refractivity contribution in [2.45, 2.75) is 19.3 Å². The molecule has 2 heterocycles. The fourth-order valence-corrected chi connectivity index (χ4v) is 5.06. The molecule has 0 fully saturated rings. The van der Waals surface area contributed by atoms with Crippen LogP contribution < -0.4 is 5.32 Å². The first-order valence-corrected chi connectivity index (χ1v) is 9.48. The zero-order valence-electron chi connectivity index (χ0n) is 13.3. The molecule has 1 aromatic carbocycles. The molecule has 0 atom stereocenters. The van der Waals surface area contributed by atoms with E-state index in [2.05, 4.69) is 16.4 Å². The Bertz CT molecular complexity index is 1040. The van der Waals surface area contributed by atoms with Crippen LogP contribution in [0.4, 0.5) is 13.9 Å². The van der Waals surface area contributed by atoms with Gasteiger partial charge in [-0.2, -0.15) is 5.26 Å². The largest absolute Gasteiger partial charge is 0.298 e. The van der Waals surface area contributed by atoms with Gasteiger partial charge in [0.05, 0.1) is 10.6 Å². The van der Waals surface area contributed by atoms with Gasteiger partial charge in [-0.25, -0.2) is 13.8 Å². The number of nitrogens with zero attached hydrogens (tertiary/aromatic N) is 2. The Labute approximate surface area is 155 Å². The van der Waals surface area contributed by atoms with Crippen LogP contribution in [0.2, 0.25) is 0 Å². The summed E-state index contributed by atoms with van der Waals surface area (Å²) in [6, 6.07) is 7.28. The Balaban J connectivity index is 1.68. The molecular formula is C18H11F2N3OS2. The number of hydrogen-bond acceptors (Lipinski definition) is 5. The fraction of sp³-hybridized carbons (Fsp3) is 0.167. The molecule has 3 aromatic rings. The Kier molecular flexibility index (Phi) is 4.26. The number of halogens is 2. The van der Waals surface area contributed by atoms with Gasteiger partial charge in [0.15, 0.2) is 5.13 Å². The summed E-state index contributed by atoms with van der Waals surface area (Å²) in [5.41, 5.74) is 1.18. The second-order valence-electron chi connectivity index (χ2n) is 5.76. The SMILES string of the molecule is N#Cc1cc2c(s1)CCCc1nc(NC(=O)c3c(F)cccc3F)sc1-2. The number of fused-ring (bicyclic) bond motifs is 3. The maximum Gasteiger partial charge on any atom is 0.263 e. The molecule has 0 spiro atoms. The van der Waals surface area contributed by atoms with Crippen molar-refractivity contribution in [1.29, 1.82) is 5.26 Å². The van der Waals surface area contributed by atoms with Crippen LogP contribution in [0.3, 0.4) is 0 Å². The minimum atomic E-state index is -0.917. The molecule has 0 unspecified atom stereocenters. The number of aryl methyl sites for hydroxylation is 2. The second-order valence-corrected chi connectivity index (χ2v) is 7.89. The van der Waals surface area contributed by atoms with Crippen molar-refractivity contribution in [3.63, 3.8) is 0 Å². The number of carbonyl (C=O) groups is 1. The highest BCUT2D eigenvalue weighted by Gasteiger charge is 2.24. The minimum Gasteiger partial charge on any atom is -0.298 e. The van der Waals surface area contributed by atoms with E-state index in [1.807, 2.05) is 6.07 Å². The lowest BCUT2D eigenvalue weighted by atomic mass is 10.2. The Morgan fingerprint density at radius 3 is 2.73 bits per heavy atom. The smallest absolute Gasteiger partial charge is 0.263 e. The molecule has 0 radical (unpaired) electrons. The summed E-state index contributed by atoms with van der Waals surface area (Å²) >= 11 is 2.73. The van der Waals surface area contributed by atoms with Crippen LogP contribution in [-0.2, 0) is 12.8 Å². The van der Waals surface area contributed by atoms with E-state index in [0.29, 0.717) is 10.0 Å². The average Bonchev–Trinajstić information content (AvgIpc) is 3.15. The van der Waals surface area contributed by atoms with E-state index in [0.717, 1.165) is 52.4 Å². The third kappa shape index (κ3) is 2.89. The Morgan fingerprint density at radius 2 is 2.00 bits per heavy atom. The van der Waals surface area contributed by atoms with Gasteiger partial charge < -0.3 is 0 Å². The van der Waals surface area contributed by atoms with Gasteiger partial charge in [0.1, 0.15) is 28.1 Å². The molecule has 4 rings (SSSR count). The number of hydrogen-bond donors (Lipinski definition) is 1. The summed E-state index contributed by atoms with van der Waals surface area (Å²) in [5.74, 6) is -2.70. The topological polar surface area (TPSA) is 65.8 Å². The second kappa shape index (κ2) is 6.59. The molecule has 1 aliphatic rings. The lowest BCUT2D eigenvalue weighted by Gasteiger charge is -2.04. The van der Waals surface area contributed by atoms with Crippen LogP contribution >= 0.6 is 22.7 Å². The summed E-state index contributed by atoms with van der Waals surface area (Å²) in [4.78, 5) is 19.4. The van der Waals surface area contributed by atoms with E-state index in [4.69, 9.17) is 5.26 Å². The predicted molar refractivity (Wildman–Crippen MR) is 96.5 cm³/mol. The highest BCUT2D eigenvalue weighted by atomic mass is 32.1. The summed E-state index contributed by atoms with van der Waals surface area (Å²) in [6.07, 6.45) is 2.52. The molecule has 8 heteroatoms. The lowest BCUT2D eigenvalue weighted by Crippen LogP contribution is -2.15. The van der Waals surface area contributed by atoms with Crippen molar-refractivity contribution in [3.8, 4) is 16.5 Å². The number of anilines is 1. The maximum atomic E-state index is 13.8. The number of amides is 1. The molecular weight excluding hydrogens is 376 g/mol. The highest BCUT2D eigenvalue weighted by Crippen LogP contribution is 2.42. The first-order valence-electron chi connectivity index (χ1n) is 7.85. The third-order valence-electron chi connectivity index (χ3n) is 4.09. The summed E-state index contributed by atoms with van der Waals surface area (Å²) in [6.45, 7) is 0. The lowest BCUT2D eigenvalue weighted by molar-refractivity contribution is 0.101. The van der Waals surface area contributed by atoms with Gasteiger partial charge in [-0.3, -0.25) is 10.1 Å². The van der Waals surface area contributed by atoms with Crippen LogP contribution in [0.15, 0.2) is 24.3 Å². The fourth-order valence-electron chi connectivity index (χ4n) is 2.94. The van der Waals surface area contributed by atoms with Crippen molar-refractivity contribution in [2.24, 2.45) is 0 Å². The molecule has 0 aliphatic heterocycles. The molecule has 0 bridgehead atoms. The van der Waals surface area contributed by atoms with Crippen molar-refractivity contribution in [2.75, 3.05) is 5.32 Å². The molecule has 1 N–H and O–H groups in total. The predicted octanol–water partition coefficient (Wildman–Crippen LogP) is 4.76. The van der Waals surface area contributed by atoms with Gasteiger partial charge in [-0.05, 0) is 37.5 Å². The number of thiophene rings is 1. The van der Waals surface area contributed by atoms with Crippen molar-refractivity contribution >= 4 is 33.7 Å². The van der Waals surface area contributed by atoms with Crippen molar-refractivity contribution in [3.05, 3.63) is 56.9 Å². The van der Waals surface area contributed by atoms with Gasteiger partial charge in [0.2, 0.25) is 0 Å². The van der Waals surface area contributed by atoms with E-state index >= 15 is 0 Å². The van der Waals surface area contributed by atoms with E-state index < -0.39 is 23.1 Å². The average molecular weight is 387 g/mol. The van der Waals surface area contributed by atoms with Crippen LogP contribution in [0.5, 0.6) is 0 Å². The van der Waals surface area contributed by atoms with Gasteiger partial charge in [0, 0.05) is 10.4 Å². The molecule has 130 valence electrons. The third-order valence-corrected chi connectivity index (χ3v) is 6.23. The number of nitrogens with one attached hydrogen (secondary N) is 1. The van der Waals surface area contributed by atoms with E-state index in [9.17, 15) is 13.6 Å². The normalized spacial score (nSPS) is 12.7. The van der Waals surface area contributed by atoms with Gasteiger partial charge in [-0.15, -0.1) is 11.3 Å². The standard InChI is InChI=1S/C18H11F2N3OS2/c19-11-3-1-4-12(20)15(11)17(24)23-18-22-13-5-2-6-14-10(16(13)26-18)7-9(8-21)25-14/h1,3-4,7H,2,5-6H2,(H,22,23,24). The van der Waals surface area contributed by atoms with E-state index in [1.54, 1.807) is 0 Å². The van der Waals surface area contributed by atoms with Crippen LogP contribution in [0.25, 0.3) is 10.4 Å². The molecule has 4 nitrogen and oxygen atoms in total. The number of carbonyl (C=O) groups excluding carboxylic acids is 1. The summed E-state index contributed by atoms with van der Waals surface area (Å²) < 4.78 is 27.6. The van der Waals surface area contributed by atoms with Crippen LogP contribution in [0.1, 0.15) is 32.2 Å². The Hall–Kier alpha value is -2.63. The van der Waals surface area contributed by atoms with E-state index in [-0.39, 0.29) is 0 Å². The first-order chi connectivity index (χ1) is 12.6. The Morgan fingerprint density at radius 1 is 1.23 bits per heavy atom. The zero-order chi connectivity index (χ0) is 18.3. The molecule has 0 saturated carbocycles. The summed E-state index contributed by atoms with van der Waals surface area (Å²) in [5, 5.41) is 11.9. The van der Waals surface area contributed by atoms with Crippen LogP contribution in [0, 0.1) is 23.0 Å².